The zero-order chi connectivity index (χ0) is 20.4. The molecule has 1 saturated heterocycles. The summed E-state index contributed by atoms with van der Waals surface area (Å²) >= 11 is 12.6. The molecule has 2 atom stereocenters. The maximum Gasteiger partial charge on any atom is 0.215 e. The molecule has 3 aromatic rings. The van der Waals surface area contributed by atoms with Gasteiger partial charge in [0.25, 0.3) is 0 Å². The highest BCUT2D eigenvalue weighted by Gasteiger charge is 2.45. The summed E-state index contributed by atoms with van der Waals surface area (Å²) in [6.45, 7) is 6.63. The molecule has 0 radical (unpaired) electrons. The molecule has 150 valence electrons. The van der Waals surface area contributed by atoms with E-state index in [-0.39, 0.29) is 6.10 Å². The maximum absolute atomic E-state index is 6.63. The lowest BCUT2D eigenvalue weighted by atomic mass is 10.0. The van der Waals surface area contributed by atoms with Gasteiger partial charge in [-0.1, -0.05) is 29.8 Å². The summed E-state index contributed by atoms with van der Waals surface area (Å²) in [6.07, 6.45) is 2.98. The molecule has 0 spiro atoms. The Hall–Kier alpha value is -2.38. The second-order valence-electron chi connectivity index (χ2n) is 6.85. The van der Waals surface area contributed by atoms with E-state index in [0.717, 1.165) is 5.57 Å². The number of hydrogen-bond donors (Lipinski definition) is 0. The van der Waals surface area contributed by atoms with E-state index >= 15 is 0 Å². The van der Waals surface area contributed by atoms with Gasteiger partial charge in [0.2, 0.25) is 5.79 Å². The van der Waals surface area contributed by atoms with Crippen LogP contribution >= 0.6 is 23.2 Å². The molecule has 0 bridgehead atoms. The number of nitrogens with zero attached hydrogens (tertiary/aromatic N) is 3. The van der Waals surface area contributed by atoms with Gasteiger partial charge in [-0.2, -0.15) is 0 Å². The molecule has 1 aliphatic heterocycles. The molecule has 2 unspecified atom stereocenters. The van der Waals surface area contributed by atoms with Crippen LogP contribution in [0.1, 0.15) is 12.5 Å². The predicted octanol–water partition coefficient (Wildman–Crippen LogP) is 5.22. The van der Waals surface area contributed by atoms with Gasteiger partial charge in [-0.05, 0) is 55.0 Å². The predicted molar refractivity (Wildman–Crippen MR) is 110 cm³/mol. The van der Waals surface area contributed by atoms with Crippen LogP contribution in [0.2, 0.25) is 10.0 Å². The average molecular weight is 432 g/mol. The monoisotopic (exact) mass is 431 g/mol. The summed E-state index contributed by atoms with van der Waals surface area (Å²) < 4.78 is 20.1. The fourth-order valence-electron chi connectivity index (χ4n) is 3.11. The minimum atomic E-state index is -1.08. The zero-order valence-corrected chi connectivity index (χ0v) is 17.2. The van der Waals surface area contributed by atoms with Crippen molar-refractivity contribution in [1.82, 2.24) is 14.8 Å². The number of benzene rings is 2. The summed E-state index contributed by atoms with van der Waals surface area (Å²) in [6, 6.07) is 12.5. The first-order valence-corrected chi connectivity index (χ1v) is 9.74. The summed E-state index contributed by atoms with van der Waals surface area (Å²) in [5.74, 6) is 0.171. The first-order valence-electron chi connectivity index (χ1n) is 8.98. The average Bonchev–Trinajstić information content (AvgIpc) is 3.35. The van der Waals surface area contributed by atoms with E-state index in [1.807, 2.05) is 19.1 Å². The van der Waals surface area contributed by atoms with Crippen LogP contribution in [-0.2, 0) is 21.8 Å². The van der Waals surface area contributed by atoms with Gasteiger partial charge in [0.15, 0.2) is 0 Å². The van der Waals surface area contributed by atoms with Gasteiger partial charge in [-0.15, -0.1) is 10.2 Å². The molecule has 0 N–H and O–H groups in total. The quantitative estimate of drug-likeness (QED) is 0.500. The van der Waals surface area contributed by atoms with Crippen molar-refractivity contribution >= 4 is 23.2 Å². The van der Waals surface area contributed by atoms with Crippen molar-refractivity contribution in [2.24, 2.45) is 0 Å². The van der Waals surface area contributed by atoms with Crippen LogP contribution in [0.25, 0.3) is 0 Å². The van der Waals surface area contributed by atoms with Crippen molar-refractivity contribution in [2.45, 2.75) is 25.4 Å². The lowest BCUT2D eigenvalue weighted by molar-refractivity contribution is -0.183. The van der Waals surface area contributed by atoms with Crippen LogP contribution in [0.4, 0.5) is 0 Å². The molecule has 2 heterocycles. The number of ether oxygens (including phenoxy) is 3. The second kappa shape index (κ2) is 8.16. The van der Waals surface area contributed by atoms with E-state index in [1.54, 1.807) is 47.6 Å². The number of rotatable bonds is 6. The third-order valence-corrected chi connectivity index (χ3v) is 5.17. The first-order chi connectivity index (χ1) is 13.9. The highest BCUT2D eigenvalue weighted by atomic mass is 35.5. The highest BCUT2D eigenvalue weighted by molar-refractivity contribution is 6.31. The Kier molecular flexibility index (Phi) is 5.61. The third kappa shape index (κ3) is 4.31. The molecule has 4 rings (SSSR count). The minimum Gasteiger partial charge on any atom is -0.457 e. The molecular formula is C21H19Cl2N3O3. The fourth-order valence-corrected chi connectivity index (χ4v) is 3.55. The molecule has 0 aliphatic carbocycles. The Morgan fingerprint density at radius 2 is 1.86 bits per heavy atom. The Labute approximate surface area is 178 Å². The van der Waals surface area contributed by atoms with Crippen molar-refractivity contribution in [3.63, 3.8) is 0 Å². The molecule has 1 fully saturated rings. The molecule has 0 saturated carbocycles. The van der Waals surface area contributed by atoms with Crippen molar-refractivity contribution < 1.29 is 14.2 Å². The van der Waals surface area contributed by atoms with E-state index in [2.05, 4.69) is 16.8 Å². The van der Waals surface area contributed by atoms with Crippen LogP contribution in [0.3, 0.4) is 0 Å². The molecule has 2 aromatic carbocycles. The number of aromatic nitrogens is 3. The zero-order valence-electron chi connectivity index (χ0n) is 15.7. The molecule has 1 aromatic heterocycles. The van der Waals surface area contributed by atoms with Crippen LogP contribution in [0.15, 0.2) is 67.3 Å². The summed E-state index contributed by atoms with van der Waals surface area (Å²) in [5, 5.41) is 8.82. The number of halogens is 2. The number of hydrogen-bond acceptors (Lipinski definition) is 5. The maximum atomic E-state index is 6.63. The van der Waals surface area contributed by atoms with E-state index in [1.165, 1.54) is 0 Å². The Morgan fingerprint density at radius 3 is 2.48 bits per heavy atom. The van der Waals surface area contributed by atoms with E-state index in [0.29, 0.717) is 40.3 Å². The Bertz CT molecular complexity index is 1010. The molecule has 6 nitrogen and oxygen atoms in total. The first kappa shape index (κ1) is 19.9. The van der Waals surface area contributed by atoms with Crippen molar-refractivity contribution in [3.05, 3.63) is 82.9 Å². The van der Waals surface area contributed by atoms with Crippen LogP contribution in [-0.4, -0.2) is 27.5 Å². The molecule has 29 heavy (non-hydrogen) atoms. The molecule has 0 amide bonds. The van der Waals surface area contributed by atoms with Gasteiger partial charge in [-0.25, -0.2) is 0 Å². The SMILES string of the molecule is C=C(C)C1COC(Cn2cnnc2)(c2ccc(Oc3ccc(Cl)cc3)cc2Cl)O1. The lowest BCUT2D eigenvalue weighted by Gasteiger charge is -2.29. The lowest BCUT2D eigenvalue weighted by Crippen LogP contribution is -2.33. The summed E-state index contributed by atoms with van der Waals surface area (Å²) in [7, 11) is 0. The van der Waals surface area contributed by atoms with Gasteiger partial charge in [0.05, 0.1) is 18.2 Å². The highest BCUT2D eigenvalue weighted by Crippen LogP contribution is 2.42. The van der Waals surface area contributed by atoms with Gasteiger partial charge in [-0.3, -0.25) is 0 Å². The minimum absolute atomic E-state index is 0.229. The van der Waals surface area contributed by atoms with Crippen LogP contribution in [0, 0.1) is 0 Å². The van der Waals surface area contributed by atoms with Crippen molar-refractivity contribution in [2.75, 3.05) is 6.61 Å². The van der Waals surface area contributed by atoms with E-state index < -0.39 is 5.79 Å². The Balaban J connectivity index is 1.64. The summed E-state index contributed by atoms with van der Waals surface area (Å²) in [4.78, 5) is 0. The van der Waals surface area contributed by atoms with Crippen molar-refractivity contribution in [3.8, 4) is 11.5 Å². The molecule has 1 aliphatic rings. The smallest absolute Gasteiger partial charge is 0.215 e. The third-order valence-electron chi connectivity index (χ3n) is 4.61. The van der Waals surface area contributed by atoms with Gasteiger partial charge >= 0.3 is 0 Å². The second-order valence-corrected chi connectivity index (χ2v) is 7.69. The molecule has 8 heteroatoms. The van der Waals surface area contributed by atoms with E-state index in [4.69, 9.17) is 37.4 Å². The van der Waals surface area contributed by atoms with Gasteiger partial charge in [0.1, 0.15) is 30.3 Å². The molecular weight excluding hydrogens is 413 g/mol. The van der Waals surface area contributed by atoms with Gasteiger partial charge < -0.3 is 18.8 Å². The van der Waals surface area contributed by atoms with Crippen LogP contribution < -0.4 is 4.74 Å². The van der Waals surface area contributed by atoms with Crippen LogP contribution in [0.5, 0.6) is 11.5 Å². The summed E-state index contributed by atoms with van der Waals surface area (Å²) in [5.41, 5.74) is 1.58. The largest absolute Gasteiger partial charge is 0.457 e. The standard InChI is InChI=1S/C21H19Cl2N3O3/c1-14(2)20-10-27-21(29-20,11-26-12-24-25-13-26)18-8-7-17(9-19(18)23)28-16-5-3-15(22)4-6-16/h3-9,12-13,20H,1,10-11H2,2H3. The van der Waals surface area contributed by atoms with Gasteiger partial charge in [0, 0.05) is 10.6 Å². The van der Waals surface area contributed by atoms with Crippen molar-refractivity contribution in [1.29, 1.82) is 0 Å². The fraction of sp³-hybridized carbons (Fsp3) is 0.238. The normalized spacial score (nSPS) is 21.3. The Morgan fingerprint density at radius 1 is 1.17 bits per heavy atom. The topological polar surface area (TPSA) is 58.4 Å². The van der Waals surface area contributed by atoms with E-state index in [9.17, 15) is 0 Å².